The lowest BCUT2D eigenvalue weighted by atomic mass is 10.0. The molecule has 0 rings (SSSR count). The molecule has 4 N–H and O–H groups in total. The third-order valence-electron chi connectivity index (χ3n) is 11.0. The molecule has 0 aliphatic heterocycles. The van der Waals surface area contributed by atoms with E-state index in [-0.39, 0.29) is 6.61 Å². The van der Waals surface area contributed by atoms with Crippen LogP contribution in [-0.2, 0) is 18.4 Å². The Bertz CT molecular complexity index is 1270. The van der Waals surface area contributed by atoms with Crippen LogP contribution in [0.1, 0.15) is 200 Å². The predicted molar refractivity (Wildman–Crippen MR) is 269 cm³/mol. The predicted octanol–water partition coefficient (Wildman–Crippen LogP) is 13.7. The van der Waals surface area contributed by atoms with E-state index >= 15 is 0 Å². The molecule has 366 valence electrons. The number of aliphatic hydroxyl groups excluding tert-OH is 2. The van der Waals surface area contributed by atoms with Crippen molar-refractivity contribution in [2.24, 2.45) is 0 Å². The van der Waals surface area contributed by atoms with Gasteiger partial charge in [-0.2, -0.15) is 0 Å². The summed E-state index contributed by atoms with van der Waals surface area (Å²) < 4.78 is 23.5. The van der Waals surface area contributed by atoms with Gasteiger partial charge in [0.25, 0.3) is 0 Å². The van der Waals surface area contributed by atoms with E-state index in [0.717, 1.165) is 70.6 Å². The van der Waals surface area contributed by atoms with Crippen molar-refractivity contribution < 1.29 is 38.0 Å². The Kier molecular flexibility index (Phi) is 42.3. The third kappa shape index (κ3) is 44.9. The van der Waals surface area contributed by atoms with Gasteiger partial charge < -0.3 is 24.9 Å². The summed E-state index contributed by atoms with van der Waals surface area (Å²) in [6.07, 6.45) is 56.1. The number of quaternary nitrogens is 1. The smallest absolute Gasteiger partial charge is 0.387 e. The largest absolute Gasteiger partial charge is 0.472 e. The molecule has 0 aromatic rings. The number of aliphatic hydroxyl groups is 2. The van der Waals surface area contributed by atoms with E-state index in [1.54, 1.807) is 6.08 Å². The molecule has 0 aromatic heterocycles. The summed E-state index contributed by atoms with van der Waals surface area (Å²) >= 11 is 0. The highest BCUT2D eigenvalue weighted by Crippen LogP contribution is 2.43. The van der Waals surface area contributed by atoms with Gasteiger partial charge in [0.05, 0.1) is 39.9 Å². The number of nitrogens with zero attached hydrogens (tertiary/aromatic N) is 1. The lowest BCUT2D eigenvalue weighted by Gasteiger charge is -2.26. The number of allylic oxidation sites excluding steroid dienone is 11. The van der Waals surface area contributed by atoms with Gasteiger partial charge in [0.15, 0.2) is 0 Å². The molecule has 4 atom stereocenters. The summed E-state index contributed by atoms with van der Waals surface area (Å²) in [6.45, 7) is 4.55. The SMILES string of the molecule is CCCCC/C=C\C/C=C\C/C=C\C/C=C\C/C=C\CCCCCCCCCC(O)C(=O)NC(COP(=O)(O)OCC[N+](C)(C)C)C(O)/C=C/CCCCCCCCCCCCC. The van der Waals surface area contributed by atoms with Crippen molar-refractivity contribution in [3.63, 3.8) is 0 Å². The number of hydrogen-bond donors (Lipinski definition) is 4. The summed E-state index contributed by atoms with van der Waals surface area (Å²) in [4.78, 5) is 23.3. The third-order valence-corrected chi connectivity index (χ3v) is 12.0. The Balaban J connectivity index is 4.39. The van der Waals surface area contributed by atoms with Crippen molar-refractivity contribution in [1.29, 1.82) is 0 Å². The molecular formula is C53H98N2O7P+. The molecule has 0 aliphatic carbocycles. The molecule has 0 bridgehead atoms. The first kappa shape index (κ1) is 60.9. The number of amides is 1. The number of phosphoric acid groups is 1. The van der Waals surface area contributed by atoms with Crippen molar-refractivity contribution in [2.45, 2.75) is 218 Å². The topological polar surface area (TPSA) is 125 Å². The molecule has 0 spiro atoms. The maximum atomic E-state index is 13.0. The van der Waals surface area contributed by atoms with Gasteiger partial charge in [0.2, 0.25) is 5.91 Å². The van der Waals surface area contributed by atoms with E-state index in [2.05, 4.69) is 79.9 Å². The zero-order valence-corrected chi connectivity index (χ0v) is 42.1. The van der Waals surface area contributed by atoms with Gasteiger partial charge >= 0.3 is 7.82 Å². The lowest BCUT2D eigenvalue weighted by Crippen LogP contribution is -2.49. The van der Waals surface area contributed by atoms with Crippen molar-refractivity contribution in [2.75, 3.05) is 40.9 Å². The summed E-state index contributed by atoms with van der Waals surface area (Å²) in [5, 5.41) is 24.3. The zero-order chi connectivity index (χ0) is 46.5. The second-order valence-electron chi connectivity index (χ2n) is 18.3. The van der Waals surface area contributed by atoms with Crippen LogP contribution in [0.2, 0.25) is 0 Å². The maximum Gasteiger partial charge on any atom is 0.472 e. The van der Waals surface area contributed by atoms with Gasteiger partial charge in [0.1, 0.15) is 19.3 Å². The first-order valence-electron chi connectivity index (χ1n) is 25.4. The molecule has 9 nitrogen and oxygen atoms in total. The number of likely N-dealkylation sites (N-methyl/N-ethyl adjacent to an activating group) is 1. The van der Waals surface area contributed by atoms with E-state index in [1.807, 2.05) is 27.2 Å². The second-order valence-corrected chi connectivity index (χ2v) is 19.8. The highest BCUT2D eigenvalue weighted by Gasteiger charge is 2.29. The minimum Gasteiger partial charge on any atom is -0.387 e. The summed E-state index contributed by atoms with van der Waals surface area (Å²) in [5.74, 6) is -0.629. The van der Waals surface area contributed by atoms with Gasteiger partial charge in [-0.15, -0.1) is 0 Å². The van der Waals surface area contributed by atoms with Crippen molar-refractivity contribution in [3.8, 4) is 0 Å². The van der Waals surface area contributed by atoms with Gasteiger partial charge in [0, 0.05) is 0 Å². The molecule has 0 heterocycles. The number of nitrogens with one attached hydrogen (secondary N) is 1. The standard InChI is InChI=1S/C53H97N2O7P/c1-6-8-10-12-14-16-18-20-21-22-23-24-25-26-27-28-29-30-31-32-34-36-38-40-42-44-46-52(57)53(58)54-50(49-62-63(59,60)61-48-47-55(3,4)5)51(56)45-43-41-39-37-35-33-19-17-15-13-11-9-7-2/h14,16,20-21,23-24,26-27,29-30,43,45,50-52,56-57H,6-13,15,17-19,22,25,28,31-42,44,46-49H2,1-5H3,(H-,54,58,59,60)/p+1/b16-14-,21-20-,24-23-,27-26-,30-29-,45-43+. The second kappa shape index (κ2) is 43.8. The molecule has 4 unspecified atom stereocenters. The van der Waals surface area contributed by atoms with Crippen LogP contribution < -0.4 is 5.32 Å². The number of phosphoric ester groups is 1. The summed E-state index contributed by atoms with van der Waals surface area (Å²) in [7, 11) is 1.41. The van der Waals surface area contributed by atoms with Crippen LogP contribution in [0.15, 0.2) is 72.9 Å². The first-order chi connectivity index (χ1) is 30.4. The Labute approximate surface area is 387 Å². The zero-order valence-electron chi connectivity index (χ0n) is 41.2. The van der Waals surface area contributed by atoms with Crippen molar-refractivity contribution in [1.82, 2.24) is 5.32 Å². The lowest BCUT2D eigenvalue weighted by molar-refractivity contribution is -0.870. The van der Waals surface area contributed by atoms with Gasteiger partial charge in [-0.05, 0) is 70.6 Å². The van der Waals surface area contributed by atoms with Crippen molar-refractivity contribution >= 4 is 13.7 Å². The van der Waals surface area contributed by atoms with Crippen LogP contribution in [0, 0.1) is 0 Å². The fourth-order valence-electron chi connectivity index (χ4n) is 6.89. The van der Waals surface area contributed by atoms with Crippen LogP contribution in [-0.4, -0.2) is 84.6 Å². The number of hydrogen-bond acceptors (Lipinski definition) is 6. The summed E-state index contributed by atoms with van der Waals surface area (Å²) in [5.41, 5.74) is 0. The quantitative estimate of drug-likeness (QED) is 0.0208. The van der Waals surface area contributed by atoms with E-state index in [9.17, 15) is 24.5 Å². The average molecular weight is 906 g/mol. The highest BCUT2D eigenvalue weighted by molar-refractivity contribution is 7.47. The normalized spacial score (nSPS) is 15.2. The molecule has 0 radical (unpaired) electrons. The van der Waals surface area contributed by atoms with Crippen LogP contribution in [0.5, 0.6) is 0 Å². The van der Waals surface area contributed by atoms with Crippen LogP contribution >= 0.6 is 7.82 Å². The van der Waals surface area contributed by atoms with E-state index < -0.39 is 38.6 Å². The molecule has 0 saturated heterocycles. The molecule has 0 saturated carbocycles. The fraction of sp³-hybridized carbons (Fsp3) is 0.755. The number of rotatable bonds is 45. The van der Waals surface area contributed by atoms with Gasteiger partial charge in [-0.25, -0.2) is 4.57 Å². The first-order valence-corrected chi connectivity index (χ1v) is 26.9. The van der Waals surface area contributed by atoms with Crippen LogP contribution in [0.4, 0.5) is 0 Å². The highest BCUT2D eigenvalue weighted by atomic mass is 31.2. The Morgan fingerprint density at radius 2 is 0.937 bits per heavy atom. The van der Waals surface area contributed by atoms with E-state index in [0.29, 0.717) is 23.9 Å². The van der Waals surface area contributed by atoms with Crippen molar-refractivity contribution in [3.05, 3.63) is 72.9 Å². The molecule has 63 heavy (non-hydrogen) atoms. The van der Waals surface area contributed by atoms with E-state index in [1.165, 1.54) is 103 Å². The summed E-state index contributed by atoms with van der Waals surface area (Å²) in [6, 6.07) is -1.03. The molecule has 1 amide bonds. The van der Waals surface area contributed by atoms with Gasteiger partial charge in [-0.3, -0.25) is 13.8 Å². The minimum atomic E-state index is -4.42. The minimum absolute atomic E-state index is 0.0135. The monoisotopic (exact) mass is 906 g/mol. The Hall–Kier alpha value is -2.10. The molecular weight excluding hydrogens is 808 g/mol. The molecule has 0 fully saturated rings. The number of carbonyl (C=O) groups is 1. The average Bonchev–Trinajstić information content (AvgIpc) is 3.24. The van der Waals surface area contributed by atoms with Gasteiger partial charge in [-0.1, -0.05) is 202 Å². The van der Waals surface area contributed by atoms with Crippen LogP contribution in [0.3, 0.4) is 0 Å². The molecule has 0 aromatic carbocycles. The number of unbranched alkanes of at least 4 members (excludes halogenated alkanes) is 21. The Morgan fingerprint density at radius 1 is 0.556 bits per heavy atom. The number of carbonyl (C=O) groups excluding carboxylic acids is 1. The Morgan fingerprint density at radius 3 is 1.40 bits per heavy atom. The van der Waals surface area contributed by atoms with E-state index in [4.69, 9.17) is 9.05 Å². The fourth-order valence-corrected chi connectivity index (χ4v) is 7.63. The maximum absolute atomic E-state index is 13.0. The molecule has 10 heteroatoms. The molecule has 0 aliphatic rings. The van der Waals surface area contributed by atoms with Crippen LogP contribution in [0.25, 0.3) is 0 Å².